The zero-order valence-corrected chi connectivity index (χ0v) is 37.4. The van der Waals surface area contributed by atoms with Crippen LogP contribution in [-0.4, -0.2) is 111 Å². The van der Waals surface area contributed by atoms with Crippen molar-refractivity contribution in [2.75, 3.05) is 68.1 Å². The van der Waals surface area contributed by atoms with Gasteiger partial charge in [-0.3, -0.25) is 14.6 Å². The highest BCUT2D eigenvalue weighted by Crippen LogP contribution is 2.44. The van der Waals surface area contributed by atoms with Gasteiger partial charge in [0.25, 0.3) is 0 Å². The van der Waals surface area contributed by atoms with E-state index in [-0.39, 0.29) is 12.2 Å². The summed E-state index contributed by atoms with van der Waals surface area (Å²) in [5, 5.41) is 13.1. The number of nitrogens with zero attached hydrogens (tertiary/aromatic N) is 8. The Bertz CT molecular complexity index is 2410. The van der Waals surface area contributed by atoms with Crippen LogP contribution in [0, 0.1) is 6.92 Å². The summed E-state index contributed by atoms with van der Waals surface area (Å²) in [4.78, 5) is 33.8. The minimum absolute atomic E-state index is 0.157. The lowest BCUT2D eigenvalue weighted by Gasteiger charge is -2.43. The predicted octanol–water partition coefficient (Wildman–Crippen LogP) is 8.29. The minimum atomic E-state index is -2.75. The first kappa shape index (κ1) is 41.0. The number of aryl methyl sites for hydroxylation is 2. The van der Waals surface area contributed by atoms with E-state index in [1.807, 2.05) is 81.0 Å². The van der Waals surface area contributed by atoms with Crippen molar-refractivity contribution in [1.29, 1.82) is 0 Å². The summed E-state index contributed by atoms with van der Waals surface area (Å²) in [6.07, 6.45) is 9.63. The molecule has 5 heterocycles. The van der Waals surface area contributed by atoms with Gasteiger partial charge in [0.15, 0.2) is 0 Å². The number of halogens is 1. The lowest BCUT2D eigenvalue weighted by molar-refractivity contribution is 0.00901. The maximum Gasteiger partial charge on any atom is 0.410 e. The molecule has 3 aromatic heterocycles. The number of hydrogen-bond donors (Lipinski definition) is 2. The van der Waals surface area contributed by atoms with Gasteiger partial charge in [-0.25, -0.2) is 9.78 Å². The van der Waals surface area contributed by atoms with Crippen LogP contribution in [0.15, 0.2) is 59.5 Å². The van der Waals surface area contributed by atoms with Crippen molar-refractivity contribution in [3.05, 3.63) is 65.2 Å². The van der Waals surface area contributed by atoms with Crippen LogP contribution in [0.5, 0.6) is 5.75 Å². The molecule has 16 heteroatoms. The molecule has 5 aromatic rings. The second-order valence-electron chi connectivity index (χ2n) is 17.3. The van der Waals surface area contributed by atoms with Crippen LogP contribution in [0.1, 0.15) is 52.1 Å². The highest BCUT2D eigenvalue weighted by molar-refractivity contribution is 9.10. The number of benzene rings is 2. The molecule has 0 atom stereocenters. The van der Waals surface area contributed by atoms with Gasteiger partial charge in [0, 0.05) is 104 Å². The average Bonchev–Trinajstić information content (AvgIpc) is 3.91. The van der Waals surface area contributed by atoms with E-state index in [1.54, 1.807) is 19.5 Å². The molecule has 3 fully saturated rings. The van der Waals surface area contributed by atoms with E-state index >= 15 is 0 Å². The average molecular weight is 886 g/mol. The molecular formula is C43H54BrN10O4P. The van der Waals surface area contributed by atoms with Gasteiger partial charge in [-0.2, -0.15) is 10.1 Å². The Kier molecular flexibility index (Phi) is 11.4. The molecule has 312 valence electrons. The van der Waals surface area contributed by atoms with Crippen molar-refractivity contribution in [3.63, 3.8) is 0 Å². The third kappa shape index (κ3) is 9.53. The van der Waals surface area contributed by atoms with Gasteiger partial charge in [0.05, 0.1) is 33.7 Å². The number of amides is 1. The van der Waals surface area contributed by atoms with Gasteiger partial charge in [-0.15, -0.1) is 0 Å². The van der Waals surface area contributed by atoms with Gasteiger partial charge in [0.2, 0.25) is 5.95 Å². The summed E-state index contributed by atoms with van der Waals surface area (Å²) in [6, 6.07) is 12.5. The predicted molar refractivity (Wildman–Crippen MR) is 239 cm³/mol. The standard InChI is InChI=1S/C43H54BrN10O4P/c1-27-8-11-31-34(47-27)12-13-35(39(31)59(6,7)56)48-40-33(44)25-45-41(50-40)49-36-22-32(28-24-46-51(5)26-28)37(23-38(36)57-30-9-10-30)53-16-14-29(15-17-53)52-18-20-54(21-19-52)42(55)58-43(2,3)4/h8,11-13,22-26,29-30H,9-10,14-21H2,1-7H3,(H2,45,48,49,50). The minimum Gasteiger partial charge on any atom is -0.488 e. The Hall–Kier alpha value is -4.72. The number of piperazine rings is 1. The Morgan fingerprint density at radius 2 is 1.66 bits per heavy atom. The van der Waals surface area contributed by atoms with Crippen LogP contribution in [0.25, 0.3) is 22.0 Å². The SMILES string of the molecule is Cc1ccc2c(P(C)(C)=O)c(Nc3nc(Nc4cc(-c5cnn(C)c5)c(N5CCC(N6CCN(C(=O)OC(C)(C)C)CC6)CC5)cc4OC4CC4)ncc3Br)ccc2n1. The number of aromatic nitrogens is 5. The highest BCUT2D eigenvalue weighted by Gasteiger charge is 2.33. The van der Waals surface area contributed by atoms with Gasteiger partial charge in [-0.05, 0) is 107 Å². The second-order valence-corrected chi connectivity index (χ2v) is 21.3. The first-order valence-corrected chi connectivity index (χ1v) is 23.8. The Labute approximate surface area is 354 Å². The summed E-state index contributed by atoms with van der Waals surface area (Å²) in [5.41, 5.74) is 5.80. The lowest BCUT2D eigenvalue weighted by atomic mass is 9.98. The molecule has 59 heavy (non-hydrogen) atoms. The van der Waals surface area contributed by atoms with Crippen molar-refractivity contribution in [2.45, 2.75) is 71.1 Å². The molecule has 1 saturated carbocycles. The van der Waals surface area contributed by atoms with Crippen LogP contribution in [0.3, 0.4) is 0 Å². The van der Waals surface area contributed by atoms with Crippen LogP contribution in [-0.2, 0) is 16.3 Å². The van der Waals surface area contributed by atoms with Crippen molar-refractivity contribution >= 4 is 74.2 Å². The van der Waals surface area contributed by atoms with E-state index < -0.39 is 12.7 Å². The third-order valence-corrected chi connectivity index (χ3v) is 13.1. The molecule has 2 aliphatic heterocycles. The molecule has 0 unspecified atom stereocenters. The fraction of sp³-hybridized carbons (Fsp3) is 0.465. The van der Waals surface area contributed by atoms with E-state index in [0.717, 1.165) is 102 Å². The summed E-state index contributed by atoms with van der Waals surface area (Å²) in [7, 11) is -0.815. The van der Waals surface area contributed by atoms with Gasteiger partial charge >= 0.3 is 6.09 Å². The van der Waals surface area contributed by atoms with Crippen molar-refractivity contribution < 1.29 is 18.8 Å². The quantitative estimate of drug-likeness (QED) is 0.130. The number of ether oxygens (including phenoxy) is 2. The number of anilines is 5. The molecule has 2 saturated heterocycles. The van der Waals surface area contributed by atoms with E-state index in [9.17, 15) is 9.36 Å². The Morgan fingerprint density at radius 3 is 2.32 bits per heavy atom. The van der Waals surface area contributed by atoms with Gasteiger partial charge in [0.1, 0.15) is 24.3 Å². The lowest BCUT2D eigenvalue weighted by Crippen LogP contribution is -2.55. The third-order valence-electron chi connectivity index (χ3n) is 11.0. The molecule has 0 spiro atoms. The molecule has 8 rings (SSSR count). The molecule has 2 aromatic carbocycles. The first-order valence-electron chi connectivity index (χ1n) is 20.4. The summed E-state index contributed by atoms with van der Waals surface area (Å²) in [6.45, 7) is 16.1. The highest BCUT2D eigenvalue weighted by atomic mass is 79.9. The Morgan fingerprint density at radius 1 is 0.915 bits per heavy atom. The van der Waals surface area contributed by atoms with Crippen LogP contribution in [0.2, 0.25) is 0 Å². The zero-order chi connectivity index (χ0) is 41.6. The molecule has 0 radical (unpaired) electrons. The monoisotopic (exact) mass is 884 g/mol. The maximum atomic E-state index is 13.7. The van der Waals surface area contributed by atoms with Gasteiger partial charge < -0.3 is 34.5 Å². The molecule has 3 aliphatic rings. The maximum absolute atomic E-state index is 13.7. The molecule has 14 nitrogen and oxygen atoms in total. The van der Waals surface area contributed by atoms with Crippen molar-refractivity contribution in [3.8, 4) is 16.9 Å². The molecule has 1 amide bonds. The number of carbonyl (C=O) groups is 1. The zero-order valence-electron chi connectivity index (χ0n) is 35.0. The number of hydrogen-bond acceptors (Lipinski definition) is 12. The molecule has 1 aliphatic carbocycles. The first-order chi connectivity index (χ1) is 28.1. The number of pyridine rings is 1. The summed E-state index contributed by atoms with van der Waals surface area (Å²) in [5.74, 6) is 1.65. The van der Waals surface area contributed by atoms with E-state index in [2.05, 4.69) is 63.6 Å². The van der Waals surface area contributed by atoms with Crippen LogP contribution in [0.4, 0.5) is 33.6 Å². The van der Waals surface area contributed by atoms with Crippen LogP contribution >= 0.6 is 23.1 Å². The van der Waals surface area contributed by atoms with E-state index in [4.69, 9.17) is 14.5 Å². The number of rotatable bonds is 10. The van der Waals surface area contributed by atoms with Crippen molar-refractivity contribution in [1.82, 2.24) is 34.5 Å². The molecule has 2 N–H and O–H groups in total. The fourth-order valence-corrected chi connectivity index (χ4v) is 9.76. The van der Waals surface area contributed by atoms with E-state index in [1.165, 1.54) is 0 Å². The van der Waals surface area contributed by atoms with Crippen LogP contribution < -0.4 is 25.6 Å². The largest absolute Gasteiger partial charge is 0.488 e. The number of fused-ring (bicyclic) bond motifs is 1. The second kappa shape index (κ2) is 16.4. The molecule has 0 bridgehead atoms. The number of carbonyl (C=O) groups excluding carboxylic acids is 1. The molecular weight excluding hydrogens is 831 g/mol. The number of nitrogens with one attached hydrogen (secondary N) is 2. The smallest absolute Gasteiger partial charge is 0.410 e. The van der Waals surface area contributed by atoms with Gasteiger partial charge in [-0.1, -0.05) is 6.07 Å². The summed E-state index contributed by atoms with van der Waals surface area (Å²) >= 11 is 3.65. The Balaban J connectivity index is 1.05. The van der Waals surface area contributed by atoms with E-state index in [0.29, 0.717) is 41.1 Å². The van der Waals surface area contributed by atoms with Crippen molar-refractivity contribution in [2.24, 2.45) is 7.05 Å². The topological polar surface area (TPSA) is 143 Å². The normalized spacial score (nSPS) is 17.0. The number of piperidine rings is 1. The fourth-order valence-electron chi connectivity index (χ4n) is 7.99. The summed E-state index contributed by atoms with van der Waals surface area (Å²) < 4.78 is 28.4.